The first-order valence-corrected chi connectivity index (χ1v) is 9.88. The third-order valence-corrected chi connectivity index (χ3v) is 4.92. The number of likely N-dealkylation sites (tertiary alicyclic amines) is 1. The summed E-state index contributed by atoms with van der Waals surface area (Å²) in [4.78, 5) is 42.5. The van der Waals surface area contributed by atoms with Gasteiger partial charge in [-0.25, -0.2) is 4.98 Å². The molecule has 3 rings (SSSR count). The fourth-order valence-electron chi connectivity index (χ4n) is 3.36. The number of fused-ring (bicyclic) bond motifs is 1. The highest BCUT2D eigenvalue weighted by Crippen LogP contribution is 2.17. The van der Waals surface area contributed by atoms with Crippen molar-refractivity contribution in [1.82, 2.24) is 19.6 Å². The van der Waals surface area contributed by atoms with Gasteiger partial charge in [0.2, 0.25) is 11.8 Å². The van der Waals surface area contributed by atoms with E-state index in [1.54, 1.807) is 40.6 Å². The molecule has 1 fully saturated rings. The topological polar surface area (TPSA) is 95.8 Å². The van der Waals surface area contributed by atoms with Gasteiger partial charge in [-0.1, -0.05) is 19.9 Å². The van der Waals surface area contributed by atoms with E-state index in [1.165, 1.54) is 0 Å². The van der Waals surface area contributed by atoms with Gasteiger partial charge < -0.3 is 15.5 Å². The Balaban J connectivity index is 1.66. The van der Waals surface area contributed by atoms with Gasteiger partial charge in [-0.05, 0) is 31.4 Å². The molecule has 0 bridgehead atoms. The lowest BCUT2D eigenvalue weighted by atomic mass is 10.0. The molecule has 0 atom stereocenters. The SMILES string of the molecule is CCCC(=O)NC1CCN(C(=O)c2cn3c(NC(=O)CC)cccc3n2)CC1. The van der Waals surface area contributed by atoms with E-state index in [-0.39, 0.29) is 23.8 Å². The first-order chi connectivity index (χ1) is 13.5. The maximum Gasteiger partial charge on any atom is 0.274 e. The van der Waals surface area contributed by atoms with Crippen molar-refractivity contribution in [2.45, 2.75) is 52.0 Å². The Labute approximate surface area is 164 Å². The molecule has 1 aliphatic rings. The van der Waals surface area contributed by atoms with Crippen molar-refractivity contribution in [2.75, 3.05) is 18.4 Å². The van der Waals surface area contributed by atoms with Crippen molar-refractivity contribution in [2.24, 2.45) is 0 Å². The van der Waals surface area contributed by atoms with Crippen molar-refractivity contribution in [3.63, 3.8) is 0 Å². The summed E-state index contributed by atoms with van der Waals surface area (Å²) in [6.45, 7) is 4.94. The summed E-state index contributed by atoms with van der Waals surface area (Å²) in [5.74, 6) is 0.443. The van der Waals surface area contributed by atoms with Crippen molar-refractivity contribution >= 4 is 29.2 Å². The van der Waals surface area contributed by atoms with Crippen LogP contribution in [-0.2, 0) is 9.59 Å². The predicted molar refractivity (Wildman–Crippen MR) is 106 cm³/mol. The van der Waals surface area contributed by atoms with Crippen molar-refractivity contribution < 1.29 is 14.4 Å². The van der Waals surface area contributed by atoms with E-state index in [0.29, 0.717) is 43.1 Å². The minimum atomic E-state index is -0.130. The number of nitrogens with one attached hydrogen (secondary N) is 2. The number of anilines is 1. The lowest BCUT2D eigenvalue weighted by Crippen LogP contribution is -2.46. The average molecular weight is 385 g/mol. The number of carbonyl (C=O) groups excluding carboxylic acids is 3. The summed E-state index contributed by atoms with van der Waals surface area (Å²) >= 11 is 0. The summed E-state index contributed by atoms with van der Waals surface area (Å²) in [6.07, 6.45) is 4.90. The van der Waals surface area contributed by atoms with Crippen LogP contribution in [0.1, 0.15) is 56.4 Å². The Hall–Kier alpha value is -2.90. The monoisotopic (exact) mass is 385 g/mol. The Morgan fingerprint density at radius 2 is 1.89 bits per heavy atom. The fourth-order valence-corrected chi connectivity index (χ4v) is 3.36. The lowest BCUT2D eigenvalue weighted by molar-refractivity contribution is -0.122. The highest BCUT2D eigenvalue weighted by atomic mass is 16.2. The number of hydrogen-bond acceptors (Lipinski definition) is 4. The normalized spacial score (nSPS) is 14.9. The number of pyridine rings is 1. The van der Waals surface area contributed by atoms with Gasteiger partial charge in [-0.3, -0.25) is 18.8 Å². The van der Waals surface area contributed by atoms with E-state index >= 15 is 0 Å². The van der Waals surface area contributed by atoms with E-state index in [0.717, 1.165) is 19.3 Å². The minimum absolute atomic E-state index is 0.0780. The molecule has 28 heavy (non-hydrogen) atoms. The van der Waals surface area contributed by atoms with Crippen LogP contribution < -0.4 is 10.6 Å². The van der Waals surface area contributed by atoms with Gasteiger partial charge in [0.05, 0.1) is 0 Å². The highest BCUT2D eigenvalue weighted by Gasteiger charge is 2.26. The van der Waals surface area contributed by atoms with Crippen LogP contribution in [0.2, 0.25) is 0 Å². The van der Waals surface area contributed by atoms with Gasteiger partial charge in [0.1, 0.15) is 17.2 Å². The number of piperidine rings is 1. The summed E-state index contributed by atoms with van der Waals surface area (Å²) in [6, 6.07) is 5.50. The Morgan fingerprint density at radius 1 is 1.14 bits per heavy atom. The lowest BCUT2D eigenvalue weighted by Gasteiger charge is -2.32. The molecule has 3 amide bonds. The van der Waals surface area contributed by atoms with Gasteiger partial charge in [-0.15, -0.1) is 0 Å². The number of nitrogens with zero attached hydrogens (tertiary/aromatic N) is 3. The summed E-state index contributed by atoms with van der Waals surface area (Å²) in [7, 11) is 0. The molecule has 0 saturated carbocycles. The second kappa shape index (κ2) is 8.86. The second-order valence-electron chi connectivity index (χ2n) is 7.05. The molecule has 3 heterocycles. The smallest absolute Gasteiger partial charge is 0.274 e. The molecule has 2 aromatic rings. The Morgan fingerprint density at radius 3 is 2.57 bits per heavy atom. The van der Waals surface area contributed by atoms with E-state index in [9.17, 15) is 14.4 Å². The van der Waals surface area contributed by atoms with E-state index in [1.807, 2.05) is 6.92 Å². The van der Waals surface area contributed by atoms with Crippen LogP contribution in [0.5, 0.6) is 0 Å². The number of hydrogen-bond donors (Lipinski definition) is 2. The molecule has 1 aliphatic heterocycles. The number of rotatable bonds is 6. The molecule has 0 spiro atoms. The molecule has 8 heteroatoms. The molecule has 150 valence electrons. The largest absolute Gasteiger partial charge is 0.353 e. The van der Waals surface area contributed by atoms with Crippen LogP contribution >= 0.6 is 0 Å². The van der Waals surface area contributed by atoms with Gasteiger partial charge >= 0.3 is 0 Å². The van der Waals surface area contributed by atoms with Crippen LogP contribution in [0.3, 0.4) is 0 Å². The maximum absolute atomic E-state index is 12.9. The molecule has 0 unspecified atom stereocenters. The molecule has 0 aliphatic carbocycles. The summed E-state index contributed by atoms with van der Waals surface area (Å²) in [5.41, 5.74) is 0.964. The number of aromatic nitrogens is 2. The fraction of sp³-hybridized carbons (Fsp3) is 0.500. The third-order valence-electron chi connectivity index (χ3n) is 4.92. The van der Waals surface area contributed by atoms with Gasteiger partial charge in [0, 0.05) is 38.2 Å². The Bertz CT molecular complexity index is 868. The van der Waals surface area contributed by atoms with Crippen LogP contribution in [0.25, 0.3) is 5.65 Å². The molecular formula is C20H27N5O3. The van der Waals surface area contributed by atoms with Crippen LogP contribution in [0.15, 0.2) is 24.4 Å². The first-order valence-electron chi connectivity index (χ1n) is 9.88. The van der Waals surface area contributed by atoms with Gasteiger partial charge in [-0.2, -0.15) is 0 Å². The maximum atomic E-state index is 12.9. The highest BCUT2D eigenvalue weighted by molar-refractivity contribution is 5.94. The molecule has 2 N–H and O–H groups in total. The van der Waals surface area contributed by atoms with Crippen LogP contribution in [-0.4, -0.2) is 51.1 Å². The summed E-state index contributed by atoms with van der Waals surface area (Å²) < 4.78 is 1.72. The third kappa shape index (κ3) is 4.49. The molecule has 0 aromatic carbocycles. The average Bonchev–Trinajstić information content (AvgIpc) is 3.13. The molecule has 8 nitrogen and oxygen atoms in total. The molecule has 0 radical (unpaired) electrons. The predicted octanol–water partition coefficient (Wildman–Crippen LogP) is 2.20. The van der Waals surface area contributed by atoms with Gasteiger partial charge in [0.15, 0.2) is 0 Å². The number of carbonyl (C=O) groups is 3. The van der Waals surface area contributed by atoms with Crippen molar-refractivity contribution in [1.29, 1.82) is 0 Å². The molecule has 1 saturated heterocycles. The van der Waals surface area contributed by atoms with Gasteiger partial charge in [0.25, 0.3) is 5.91 Å². The van der Waals surface area contributed by atoms with Crippen LogP contribution in [0, 0.1) is 0 Å². The van der Waals surface area contributed by atoms with E-state index in [2.05, 4.69) is 15.6 Å². The van der Waals surface area contributed by atoms with Crippen molar-refractivity contribution in [3.05, 3.63) is 30.1 Å². The van der Waals surface area contributed by atoms with E-state index < -0.39 is 0 Å². The van der Waals surface area contributed by atoms with Crippen LogP contribution in [0.4, 0.5) is 5.82 Å². The molecule has 2 aromatic heterocycles. The Kier molecular flexibility index (Phi) is 6.28. The van der Waals surface area contributed by atoms with Crippen molar-refractivity contribution in [3.8, 4) is 0 Å². The zero-order valence-electron chi connectivity index (χ0n) is 16.4. The quantitative estimate of drug-likeness (QED) is 0.797. The first kappa shape index (κ1) is 19.9. The zero-order valence-corrected chi connectivity index (χ0v) is 16.4. The number of imidazole rings is 1. The molecular weight excluding hydrogens is 358 g/mol. The van der Waals surface area contributed by atoms with E-state index in [4.69, 9.17) is 0 Å². The zero-order chi connectivity index (χ0) is 20.1. The number of amides is 3. The minimum Gasteiger partial charge on any atom is -0.353 e. The standard InChI is InChI=1S/C20H27N5O3/c1-3-6-19(27)21-14-9-11-24(12-10-14)20(28)15-13-25-16(22-15)7-5-8-17(25)23-18(26)4-2/h5,7-8,13-14H,3-4,6,9-12H2,1-2H3,(H,21,27)(H,23,26). The second-order valence-corrected chi connectivity index (χ2v) is 7.05. The summed E-state index contributed by atoms with van der Waals surface area (Å²) in [5, 5.41) is 5.85.